The molecule has 0 unspecified atom stereocenters. The predicted molar refractivity (Wildman–Crippen MR) is 140 cm³/mol. The summed E-state index contributed by atoms with van der Waals surface area (Å²) in [7, 11) is 0. The molecule has 0 bridgehead atoms. The molecule has 0 atom stereocenters. The van der Waals surface area contributed by atoms with E-state index in [4.69, 9.17) is 4.74 Å². The standard InChI is InChI=1S/C27H32N8O/c1-20(2)19-36-23-14-24(27-22(15-28)16-32-35(27)17-23)21(3)6-7-26(29-4)34-12-10-33(11-13-34)18-25-30-8-5-9-31-25/h5-9,14,16-17,20H,4,10-13,18-19H2,1-3H3/b21-6+,26-7+. The fourth-order valence-electron chi connectivity index (χ4n) is 4.12. The van der Waals surface area contributed by atoms with E-state index in [-0.39, 0.29) is 0 Å². The van der Waals surface area contributed by atoms with E-state index in [0.29, 0.717) is 18.1 Å². The highest BCUT2D eigenvalue weighted by atomic mass is 16.5. The first-order chi connectivity index (χ1) is 17.5. The van der Waals surface area contributed by atoms with Crippen molar-refractivity contribution < 1.29 is 4.74 Å². The molecule has 4 heterocycles. The van der Waals surface area contributed by atoms with Crippen LogP contribution in [-0.4, -0.2) is 68.9 Å². The first kappa shape index (κ1) is 25.1. The lowest BCUT2D eigenvalue weighted by Crippen LogP contribution is -2.45. The molecule has 186 valence electrons. The summed E-state index contributed by atoms with van der Waals surface area (Å²) in [6.07, 6.45) is 11.0. The number of fused-ring (bicyclic) bond motifs is 1. The van der Waals surface area contributed by atoms with Crippen LogP contribution in [0, 0.1) is 17.2 Å². The highest BCUT2D eigenvalue weighted by molar-refractivity contribution is 5.82. The molecule has 0 aliphatic carbocycles. The van der Waals surface area contributed by atoms with Crippen LogP contribution >= 0.6 is 0 Å². The van der Waals surface area contributed by atoms with E-state index in [1.165, 1.54) is 0 Å². The molecular formula is C27H32N8O. The van der Waals surface area contributed by atoms with E-state index < -0.39 is 0 Å². The second kappa shape index (κ2) is 11.6. The quantitative estimate of drug-likeness (QED) is 0.337. The van der Waals surface area contributed by atoms with Crippen LogP contribution in [0.5, 0.6) is 5.75 Å². The highest BCUT2D eigenvalue weighted by Crippen LogP contribution is 2.28. The number of piperazine rings is 1. The number of nitriles is 1. The lowest BCUT2D eigenvalue weighted by atomic mass is 10.0. The maximum Gasteiger partial charge on any atom is 0.142 e. The van der Waals surface area contributed by atoms with E-state index >= 15 is 0 Å². The summed E-state index contributed by atoms with van der Waals surface area (Å²) >= 11 is 0. The summed E-state index contributed by atoms with van der Waals surface area (Å²) in [5.74, 6) is 2.78. The van der Waals surface area contributed by atoms with Crippen molar-refractivity contribution >= 4 is 17.8 Å². The second-order valence-electron chi connectivity index (χ2n) is 9.22. The molecular weight excluding hydrogens is 452 g/mol. The molecule has 0 spiro atoms. The number of pyridine rings is 1. The summed E-state index contributed by atoms with van der Waals surface area (Å²) in [5.41, 5.74) is 3.17. The predicted octanol–water partition coefficient (Wildman–Crippen LogP) is 3.79. The molecule has 9 heteroatoms. The van der Waals surface area contributed by atoms with Gasteiger partial charge in [0.05, 0.1) is 36.6 Å². The van der Waals surface area contributed by atoms with Crippen molar-refractivity contribution in [2.75, 3.05) is 32.8 Å². The molecule has 1 saturated heterocycles. The first-order valence-corrected chi connectivity index (χ1v) is 12.1. The number of rotatable bonds is 9. The monoisotopic (exact) mass is 484 g/mol. The molecule has 9 nitrogen and oxygen atoms in total. The zero-order valence-electron chi connectivity index (χ0n) is 21.1. The van der Waals surface area contributed by atoms with Crippen LogP contribution in [0.3, 0.4) is 0 Å². The van der Waals surface area contributed by atoms with Crippen molar-refractivity contribution in [2.24, 2.45) is 10.9 Å². The lowest BCUT2D eigenvalue weighted by molar-refractivity contribution is 0.149. The van der Waals surface area contributed by atoms with E-state index in [1.807, 2.05) is 37.4 Å². The Hall–Kier alpha value is -4.03. The molecule has 1 aliphatic heterocycles. The van der Waals surface area contributed by atoms with Crippen LogP contribution in [0.1, 0.15) is 37.7 Å². The Labute approximate surface area is 212 Å². The Bertz CT molecular complexity index is 1290. The summed E-state index contributed by atoms with van der Waals surface area (Å²) < 4.78 is 7.68. The van der Waals surface area contributed by atoms with Crippen molar-refractivity contribution in [3.8, 4) is 11.8 Å². The fourth-order valence-corrected chi connectivity index (χ4v) is 4.12. The minimum Gasteiger partial charge on any atom is -0.492 e. The Morgan fingerprint density at radius 2 is 1.97 bits per heavy atom. The maximum absolute atomic E-state index is 9.61. The Morgan fingerprint density at radius 1 is 1.22 bits per heavy atom. The molecule has 36 heavy (non-hydrogen) atoms. The average molecular weight is 485 g/mol. The number of aromatic nitrogens is 4. The molecule has 0 aromatic carbocycles. The fraction of sp³-hybridized carbons (Fsp3) is 0.370. The van der Waals surface area contributed by atoms with E-state index in [2.05, 4.69) is 56.5 Å². The first-order valence-electron chi connectivity index (χ1n) is 12.1. The topological polar surface area (TPSA) is 94.9 Å². The van der Waals surface area contributed by atoms with Crippen molar-refractivity contribution in [3.63, 3.8) is 0 Å². The summed E-state index contributed by atoms with van der Waals surface area (Å²) in [4.78, 5) is 17.5. The lowest BCUT2D eigenvalue weighted by Gasteiger charge is -2.35. The number of nitrogens with zero attached hydrogens (tertiary/aromatic N) is 8. The van der Waals surface area contributed by atoms with E-state index in [9.17, 15) is 5.26 Å². The van der Waals surface area contributed by atoms with Crippen molar-refractivity contribution in [1.82, 2.24) is 29.4 Å². The van der Waals surface area contributed by atoms with Crippen LogP contribution in [0.4, 0.5) is 0 Å². The van der Waals surface area contributed by atoms with Gasteiger partial charge < -0.3 is 9.64 Å². The third kappa shape index (κ3) is 5.96. The van der Waals surface area contributed by atoms with Crippen LogP contribution in [0.2, 0.25) is 0 Å². The molecule has 0 N–H and O–H groups in total. The SMILES string of the molecule is C=N/C(=C\C=C(/C)c1cc(OCC(C)C)cn2ncc(C#N)c12)N1CCN(Cc2ncccn2)CC1. The largest absolute Gasteiger partial charge is 0.492 e. The van der Waals surface area contributed by atoms with Gasteiger partial charge >= 0.3 is 0 Å². The third-order valence-corrected chi connectivity index (χ3v) is 6.04. The van der Waals surface area contributed by atoms with Gasteiger partial charge in [0, 0.05) is 44.1 Å². The normalized spacial score (nSPS) is 15.4. The molecule has 3 aromatic heterocycles. The van der Waals surface area contributed by atoms with Gasteiger partial charge in [-0.1, -0.05) is 19.9 Å². The Kier molecular flexibility index (Phi) is 8.08. The summed E-state index contributed by atoms with van der Waals surface area (Å²) in [6.45, 7) is 14.8. The molecule has 1 aliphatic rings. The van der Waals surface area contributed by atoms with Gasteiger partial charge in [-0.3, -0.25) is 4.90 Å². The van der Waals surface area contributed by atoms with Gasteiger partial charge in [0.1, 0.15) is 23.5 Å². The van der Waals surface area contributed by atoms with Crippen LogP contribution in [0.15, 0.2) is 59.9 Å². The van der Waals surface area contributed by atoms with Crippen LogP contribution in [-0.2, 0) is 6.54 Å². The van der Waals surface area contributed by atoms with Gasteiger partial charge in [-0.05, 0) is 43.3 Å². The maximum atomic E-state index is 9.61. The third-order valence-electron chi connectivity index (χ3n) is 6.04. The van der Waals surface area contributed by atoms with Crippen molar-refractivity contribution in [3.05, 3.63) is 71.8 Å². The smallest absolute Gasteiger partial charge is 0.142 e. The zero-order valence-corrected chi connectivity index (χ0v) is 21.1. The molecule has 0 radical (unpaired) electrons. The van der Waals surface area contributed by atoms with E-state index in [0.717, 1.165) is 66.8 Å². The van der Waals surface area contributed by atoms with E-state index in [1.54, 1.807) is 23.1 Å². The van der Waals surface area contributed by atoms with Gasteiger partial charge in [0.15, 0.2) is 0 Å². The number of aliphatic imine (C=N–C) groups is 1. The summed E-state index contributed by atoms with van der Waals surface area (Å²) in [6, 6.07) is 6.06. The number of ether oxygens (including phenoxy) is 1. The second-order valence-corrected chi connectivity index (χ2v) is 9.22. The Morgan fingerprint density at radius 3 is 2.64 bits per heavy atom. The van der Waals surface area contributed by atoms with Gasteiger partial charge in [-0.15, -0.1) is 0 Å². The van der Waals surface area contributed by atoms with Crippen LogP contribution < -0.4 is 4.74 Å². The van der Waals surface area contributed by atoms with Gasteiger partial charge in [0.2, 0.25) is 0 Å². The number of allylic oxidation sites excluding steroid dienone is 3. The van der Waals surface area contributed by atoms with Gasteiger partial charge in [0.25, 0.3) is 0 Å². The van der Waals surface area contributed by atoms with Gasteiger partial charge in [-0.25, -0.2) is 19.5 Å². The number of hydrogen-bond acceptors (Lipinski definition) is 8. The zero-order chi connectivity index (χ0) is 25.5. The van der Waals surface area contributed by atoms with Crippen LogP contribution in [0.25, 0.3) is 11.1 Å². The summed E-state index contributed by atoms with van der Waals surface area (Å²) in [5, 5.41) is 14.0. The minimum atomic E-state index is 0.401. The van der Waals surface area contributed by atoms with Gasteiger partial charge in [-0.2, -0.15) is 10.4 Å². The molecule has 1 fully saturated rings. The molecule has 0 amide bonds. The molecule has 0 saturated carbocycles. The minimum absolute atomic E-state index is 0.401. The highest BCUT2D eigenvalue weighted by Gasteiger charge is 2.19. The molecule has 3 aromatic rings. The Balaban J connectivity index is 1.52. The van der Waals surface area contributed by atoms with Crippen molar-refractivity contribution in [1.29, 1.82) is 5.26 Å². The number of hydrogen-bond donors (Lipinski definition) is 0. The van der Waals surface area contributed by atoms with Crippen molar-refractivity contribution in [2.45, 2.75) is 27.3 Å². The average Bonchev–Trinajstić information content (AvgIpc) is 3.32. The molecule has 4 rings (SSSR count).